The average molecular weight is 479 g/mol. The summed E-state index contributed by atoms with van der Waals surface area (Å²) in [6.07, 6.45) is 0.759. The van der Waals surface area contributed by atoms with Gasteiger partial charge in [-0.2, -0.15) is 0 Å². The molecule has 2 fully saturated rings. The molecule has 2 heterocycles. The number of likely N-dealkylation sites (tertiary alicyclic amines) is 1. The number of aryl methyl sites for hydroxylation is 1. The largest absolute Gasteiger partial charge is 0.507 e. The molecule has 186 valence electrons. The van der Waals surface area contributed by atoms with E-state index in [9.17, 15) is 14.7 Å². The number of benzene rings is 2. The van der Waals surface area contributed by atoms with E-state index in [4.69, 9.17) is 9.47 Å². The van der Waals surface area contributed by atoms with Crippen LogP contribution in [0.15, 0.2) is 54.1 Å². The number of aliphatic hydroxyl groups is 1. The molecule has 0 aromatic heterocycles. The van der Waals surface area contributed by atoms with Crippen LogP contribution in [0.3, 0.4) is 0 Å². The van der Waals surface area contributed by atoms with Gasteiger partial charge in [-0.25, -0.2) is 0 Å². The van der Waals surface area contributed by atoms with E-state index in [1.165, 1.54) is 0 Å². The molecule has 2 aromatic rings. The molecular weight excluding hydrogens is 444 g/mol. The van der Waals surface area contributed by atoms with Crippen molar-refractivity contribution in [3.63, 3.8) is 0 Å². The Bertz CT molecular complexity index is 1070. The summed E-state index contributed by atoms with van der Waals surface area (Å²) in [6, 6.07) is 14.1. The maximum absolute atomic E-state index is 13.2. The van der Waals surface area contributed by atoms with E-state index in [-0.39, 0.29) is 17.4 Å². The van der Waals surface area contributed by atoms with Gasteiger partial charge in [0.2, 0.25) is 0 Å². The Hall–Kier alpha value is -3.16. The Balaban J connectivity index is 1.64. The van der Waals surface area contributed by atoms with Crippen molar-refractivity contribution in [2.24, 2.45) is 0 Å². The number of ether oxygens (including phenoxy) is 2. The van der Waals surface area contributed by atoms with E-state index in [0.29, 0.717) is 17.9 Å². The highest BCUT2D eigenvalue weighted by Crippen LogP contribution is 2.39. The third-order valence-corrected chi connectivity index (χ3v) is 6.41. The van der Waals surface area contributed by atoms with Crippen molar-refractivity contribution < 1.29 is 24.2 Å². The standard InChI is InChI=1S/C28H34N2O5/c1-19(2)35-23-11-9-22(10-12-23)26(31)24-25(21-7-5-20(3)6-8-21)30(28(33)27(24)32)14-4-13-29-15-17-34-18-16-29/h5-12,19,25,31H,4,13-18H2,1-3H3/b26-24-. The summed E-state index contributed by atoms with van der Waals surface area (Å²) < 4.78 is 11.1. The second-order valence-electron chi connectivity index (χ2n) is 9.40. The Kier molecular flexibility index (Phi) is 7.88. The van der Waals surface area contributed by atoms with E-state index in [2.05, 4.69) is 4.90 Å². The number of rotatable bonds is 8. The lowest BCUT2D eigenvalue weighted by molar-refractivity contribution is -0.140. The van der Waals surface area contributed by atoms with Gasteiger partial charge in [0.15, 0.2) is 0 Å². The summed E-state index contributed by atoms with van der Waals surface area (Å²) in [4.78, 5) is 30.2. The SMILES string of the molecule is Cc1ccc(C2/C(=C(/O)c3ccc(OC(C)C)cc3)C(=O)C(=O)N2CCCN2CCOCC2)cc1. The molecule has 7 nitrogen and oxygen atoms in total. The summed E-state index contributed by atoms with van der Waals surface area (Å²) in [5.74, 6) is -0.711. The van der Waals surface area contributed by atoms with Crippen LogP contribution in [-0.2, 0) is 14.3 Å². The summed E-state index contributed by atoms with van der Waals surface area (Å²) in [5, 5.41) is 11.2. The first-order chi connectivity index (χ1) is 16.8. The normalized spacial score (nSPS) is 20.6. The fourth-order valence-electron chi connectivity index (χ4n) is 4.61. The highest BCUT2D eigenvalue weighted by molar-refractivity contribution is 6.46. The fraction of sp³-hybridized carbons (Fsp3) is 0.429. The highest BCUT2D eigenvalue weighted by Gasteiger charge is 2.45. The van der Waals surface area contributed by atoms with Gasteiger partial charge in [0.05, 0.1) is 30.9 Å². The minimum Gasteiger partial charge on any atom is -0.507 e. The van der Waals surface area contributed by atoms with Gasteiger partial charge in [-0.1, -0.05) is 29.8 Å². The molecular formula is C28H34N2O5. The van der Waals surface area contributed by atoms with E-state index < -0.39 is 17.7 Å². The van der Waals surface area contributed by atoms with E-state index in [1.54, 1.807) is 29.2 Å². The van der Waals surface area contributed by atoms with Crippen LogP contribution in [0.4, 0.5) is 0 Å². The smallest absolute Gasteiger partial charge is 0.295 e. The number of carbonyl (C=O) groups is 2. The molecule has 7 heteroatoms. The van der Waals surface area contributed by atoms with Crippen molar-refractivity contribution in [2.45, 2.75) is 39.3 Å². The third-order valence-electron chi connectivity index (χ3n) is 6.41. The molecule has 0 aliphatic carbocycles. The van der Waals surface area contributed by atoms with Gasteiger partial charge in [0.25, 0.3) is 11.7 Å². The van der Waals surface area contributed by atoms with Crippen LogP contribution in [0.1, 0.15) is 43.0 Å². The monoisotopic (exact) mass is 478 g/mol. The molecule has 1 unspecified atom stereocenters. The summed E-state index contributed by atoms with van der Waals surface area (Å²) in [7, 11) is 0. The molecule has 1 amide bonds. The maximum Gasteiger partial charge on any atom is 0.295 e. The molecule has 2 aliphatic heterocycles. The van der Waals surface area contributed by atoms with Gasteiger partial charge in [-0.3, -0.25) is 14.5 Å². The average Bonchev–Trinajstić information content (AvgIpc) is 3.10. The van der Waals surface area contributed by atoms with Crippen molar-refractivity contribution in [1.82, 2.24) is 9.80 Å². The van der Waals surface area contributed by atoms with Gasteiger partial charge in [0, 0.05) is 31.7 Å². The molecule has 2 saturated heterocycles. The maximum atomic E-state index is 13.2. The number of ketones is 1. The van der Waals surface area contributed by atoms with E-state index in [0.717, 1.165) is 50.4 Å². The lowest BCUT2D eigenvalue weighted by Crippen LogP contribution is -2.38. The zero-order valence-corrected chi connectivity index (χ0v) is 20.7. The second kappa shape index (κ2) is 11.1. The number of aliphatic hydroxyl groups excluding tert-OH is 1. The van der Waals surface area contributed by atoms with Crippen LogP contribution in [0, 0.1) is 6.92 Å². The van der Waals surface area contributed by atoms with Gasteiger partial charge < -0.3 is 19.5 Å². The molecule has 0 radical (unpaired) electrons. The van der Waals surface area contributed by atoms with Crippen LogP contribution in [0.25, 0.3) is 5.76 Å². The topological polar surface area (TPSA) is 79.3 Å². The number of carbonyl (C=O) groups excluding carboxylic acids is 2. The first kappa shape index (κ1) is 24.9. The van der Waals surface area contributed by atoms with Crippen molar-refractivity contribution in [3.05, 3.63) is 70.8 Å². The molecule has 0 saturated carbocycles. The molecule has 2 aromatic carbocycles. The van der Waals surface area contributed by atoms with E-state index in [1.807, 2.05) is 45.0 Å². The number of Topliss-reactive ketones (excluding diaryl/α,β-unsaturated/α-hetero) is 1. The van der Waals surface area contributed by atoms with Crippen molar-refractivity contribution in [1.29, 1.82) is 0 Å². The van der Waals surface area contributed by atoms with Gasteiger partial charge >= 0.3 is 0 Å². The van der Waals surface area contributed by atoms with Crippen molar-refractivity contribution in [2.75, 3.05) is 39.4 Å². The van der Waals surface area contributed by atoms with Crippen molar-refractivity contribution in [3.8, 4) is 5.75 Å². The van der Waals surface area contributed by atoms with Crippen LogP contribution in [0.5, 0.6) is 5.75 Å². The number of nitrogens with zero attached hydrogens (tertiary/aromatic N) is 2. The number of amides is 1. The Morgan fingerprint density at radius 1 is 1.03 bits per heavy atom. The molecule has 2 aliphatic rings. The summed E-state index contributed by atoms with van der Waals surface area (Å²) in [5.41, 5.74) is 2.49. The number of hydrogen-bond donors (Lipinski definition) is 1. The third kappa shape index (κ3) is 5.74. The Labute approximate surface area is 206 Å². The Morgan fingerprint density at radius 2 is 1.69 bits per heavy atom. The quantitative estimate of drug-likeness (QED) is 0.352. The second-order valence-corrected chi connectivity index (χ2v) is 9.40. The zero-order chi connectivity index (χ0) is 24.9. The lowest BCUT2D eigenvalue weighted by Gasteiger charge is -2.29. The zero-order valence-electron chi connectivity index (χ0n) is 20.7. The highest BCUT2D eigenvalue weighted by atomic mass is 16.5. The predicted octanol–water partition coefficient (Wildman–Crippen LogP) is 3.93. The van der Waals surface area contributed by atoms with Crippen LogP contribution in [-0.4, -0.2) is 72.1 Å². The van der Waals surface area contributed by atoms with Crippen LogP contribution < -0.4 is 4.74 Å². The van der Waals surface area contributed by atoms with Gasteiger partial charge in [-0.05, 0) is 57.0 Å². The summed E-state index contributed by atoms with van der Waals surface area (Å²) in [6.45, 7) is 10.3. The molecule has 0 bridgehead atoms. The fourth-order valence-corrected chi connectivity index (χ4v) is 4.61. The first-order valence-corrected chi connectivity index (χ1v) is 12.3. The van der Waals surface area contributed by atoms with Gasteiger partial charge in [0.1, 0.15) is 11.5 Å². The lowest BCUT2D eigenvalue weighted by atomic mass is 9.94. The van der Waals surface area contributed by atoms with E-state index >= 15 is 0 Å². The Morgan fingerprint density at radius 3 is 2.31 bits per heavy atom. The minimum absolute atomic E-state index is 0.0266. The molecule has 0 spiro atoms. The summed E-state index contributed by atoms with van der Waals surface area (Å²) >= 11 is 0. The molecule has 35 heavy (non-hydrogen) atoms. The molecule has 1 atom stereocenters. The molecule has 1 N–H and O–H groups in total. The first-order valence-electron chi connectivity index (χ1n) is 12.3. The molecule has 4 rings (SSSR count). The van der Waals surface area contributed by atoms with Crippen LogP contribution in [0.2, 0.25) is 0 Å². The predicted molar refractivity (Wildman–Crippen MR) is 134 cm³/mol. The van der Waals surface area contributed by atoms with Gasteiger partial charge in [-0.15, -0.1) is 0 Å². The van der Waals surface area contributed by atoms with Crippen molar-refractivity contribution >= 4 is 17.4 Å². The number of morpholine rings is 1. The minimum atomic E-state index is -0.651. The number of hydrogen-bond acceptors (Lipinski definition) is 6. The van der Waals surface area contributed by atoms with Crippen LogP contribution >= 0.6 is 0 Å².